The van der Waals surface area contributed by atoms with Crippen molar-refractivity contribution in [1.82, 2.24) is 15.3 Å². The van der Waals surface area contributed by atoms with Crippen molar-refractivity contribution in [3.8, 4) is 0 Å². The third kappa shape index (κ3) is 2.35. The molecule has 1 aromatic rings. The van der Waals surface area contributed by atoms with Crippen LogP contribution in [0.4, 0.5) is 19.1 Å². The number of hydrogen-bond donors (Lipinski definition) is 2. The molecule has 15 heavy (non-hydrogen) atoms. The van der Waals surface area contributed by atoms with Gasteiger partial charge >= 0.3 is 6.18 Å². The van der Waals surface area contributed by atoms with E-state index in [1.54, 1.807) is 0 Å². The Balaban J connectivity index is 2.03. The molecular formula is C8H9F3N4. The lowest BCUT2D eigenvalue weighted by atomic mass is 10.2. The van der Waals surface area contributed by atoms with Gasteiger partial charge in [-0.15, -0.1) is 0 Å². The number of rotatable bonds is 2. The topological polar surface area (TPSA) is 49.8 Å². The van der Waals surface area contributed by atoms with Crippen molar-refractivity contribution in [3.63, 3.8) is 0 Å². The van der Waals surface area contributed by atoms with Crippen LogP contribution in [-0.2, 0) is 6.18 Å². The first-order valence-corrected chi connectivity index (χ1v) is 4.42. The molecule has 0 spiro atoms. The molecule has 0 atom stereocenters. The predicted octanol–water partition coefficient (Wildman–Crippen LogP) is 0.879. The first kappa shape index (κ1) is 10.2. The van der Waals surface area contributed by atoms with Crippen molar-refractivity contribution < 1.29 is 13.2 Å². The van der Waals surface area contributed by atoms with Crippen molar-refractivity contribution in [3.05, 3.63) is 18.0 Å². The molecule has 0 saturated carbocycles. The molecule has 4 nitrogen and oxygen atoms in total. The summed E-state index contributed by atoms with van der Waals surface area (Å²) in [5, 5.41) is 5.92. The molecule has 0 aliphatic carbocycles. The van der Waals surface area contributed by atoms with Crippen LogP contribution in [0.2, 0.25) is 0 Å². The predicted molar refractivity (Wildman–Crippen MR) is 47.3 cm³/mol. The Morgan fingerprint density at radius 3 is 2.27 bits per heavy atom. The molecule has 0 aromatic carbocycles. The lowest BCUT2D eigenvalue weighted by Gasteiger charge is -2.27. The Hall–Kier alpha value is -1.37. The summed E-state index contributed by atoms with van der Waals surface area (Å²) < 4.78 is 36.4. The molecule has 1 aliphatic rings. The highest BCUT2D eigenvalue weighted by Crippen LogP contribution is 2.28. The highest BCUT2D eigenvalue weighted by Gasteiger charge is 2.31. The van der Waals surface area contributed by atoms with Crippen molar-refractivity contribution in [2.75, 3.05) is 18.4 Å². The molecule has 0 radical (unpaired) electrons. The van der Waals surface area contributed by atoms with Gasteiger partial charge in [-0.1, -0.05) is 0 Å². The third-order valence-corrected chi connectivity index (χ3v) is 2.09. The number of nitrogens with one attached hydrogen (secondary N) is 2. The fourth-order valence-corrected chi connectivity index (χ4v) is 1.12. The fourth-order valence-electron chi connectivity index (χ4n) is 1.12. The van der Waals surface area contributed by atoms with Gasteiger partial charge < -0.3 is 10.6 Å². The summed E-state index contributed by atoms with van der Waals surface area (Å²) in [4.78, 5) is 7.19. The molecular weight excluding hydrogens is 209 g/mol. The van der Waals surface area contributed by atoms with Crippen molar-refractivity contribution in [1.29, 1.82) is 0 Å². The smallest absolute Gasteiger partial charge is 0.349 e. The molecule has 2 N–H and O–H groups in total. The molecule has 1 aliphatic heterocycles. The third-order valence-electron chi connectivity index (χ3n) is 2.09. The van der Waals surface area contributed by atoms with Gasteiger partial charge in [0, 0.05) is 25.5 Å². The minimum atomic E-state index is -4.38. The summed E-state index contributed by atoms with van der Waals surface area (Å²) in [7, 11) is 0. The standard InChI is InChI=1S/C8H9F3N4/c9-8(10,11)5-1-13-7(14-2-5)15-6-3-12-4-6/h1-2,6,12H,3-4H2,(H,13,14,15). The van der Waals surface area contributed by atoms with Crippen LogP contribution in [0.3, 0.4) is 0 Å². The summed E-state index contributed by atoms with van der Waals surface area (Å²) in [5.41, 5.74) is -0.834. The zero-order chi connectivity index (χ0) is 10.9. The summed E-state index contributed by atoms with van der Waals surface area (Å²) in [5.74, 6) is 0.231. The second-order valence-corrected chi connectivity index (χ2v) is 3.29. The van der Waals surface area contributed by atoms with Crippen LogP contribution in [0.1, 0.15) is 5.56 Å². The van der Waals surface area contributed by atoms with Gasteiger partial charge in [-0.05, 0) is 0 Å². The average Bonchev–Trinajstić information content (AvgIpc) is 2.11. The summed E-state index contributed by atoms with van der Waals surface area (Å²) in [6.45, 7) is 1.56. The summed E-state index contributed by atoms with van der Waals surface area (Å²) in [6.07, 6.45) is -2.82. The van der Waals surface area contributed by atoms with E-state index < -0.39 is 11.7 Å². The van der Waals surface area contributed by atoms with Crippen LogP contribution < -0.4 is 10.6 Å². The van der Waals surface area contributed by atoms with Crippen LogP contribution in [0.5, 0.6) is 0 Å². The van der Waals surface area contributed by atoms with Gasteiger partial charge in [0.2, 0.25) is 5.95 Å². The SMILES string of the molecule is FC(F)(F)c1cnc(NC2CNC2)nc1. The van der Waals surface area contributed by atoms with E-state index in [0.29, 0.717) is 0 Å². The quantitative estimate of drug-likeness (QED) is 0.773. The first-order valence-electron chi connectivity index (χ1n) is 4.42. The minimum Gasteiger partial charge on any atom is -0.349 e. The van der Waals surface area contributed by atoms with Gasteiger partial charge in [-0.2, -0.15) is 13.2 Å². The normalized spacial score (nSPS) is 17.3. The number of alkyl halides is 3. The lowest BCUT2D eigenvalue weighted by molar-refractivity contribution is -0.138. The monoisotopic (exact) mass is 218 g/mol. The van der Waals surface area contributed by atoms with Crippen molar-refractivity contribution in [2.45, 2.75) is 12.2 Å². The first-order chi connectivity index (χ1) is 7.05. The summed E-state index contributed by atoms with van der Waals surface area (Å²) in [6, 6.07) is 0.210. The van der Waals surface area contributed by atoms with Gasteiger partial charge in [-0.3, -0.25) is 0 Å². The molecule has 1 saturated heterocycles. The van der Waals surface area contributed by atoms with Gasteiger partial charge in [0.15, 0.2) is 0 Å². The maximum atomic E-state index is 12.1. The summed E-state index contributed by atoms with van der Waals surface area (Å²) >= 11 is 0. The van der Waals surface area contributed by atoms with Crippen LogP contribution in [0.25, 0.3) is 0 Å². The van der Waals surface area contributed by atoms with E-state index in [4.69, 9.17) is 0 Å². The van der Waals surface area contributed by atoms with E-state index in [-0.39, 0.29) is 12.0 Å². The second-order valence-electron chi connectivity index (χ2n) is 3.29. The van der Waals surface area contributed by atoms with E-state index in [1.165, 1.54) is 0 Å². The zero-order valence-corrected chi connectivity index (χ0v) is 7.67. The Morgan fingerprint density at radius 2 is 1.87 bits per heavy atom. The van der Waals surface area contributed by atoms with E-state index in [1.807, 2.05) is 0 Å². The van der Waals surface area contributed by atoms with Gasteiger partial charge in [-0.25, -0.2) is 9.97 Å². The maximum Gasteiger partial charge on any atom is 0.419 e. The van der Waals surface area contributed by atoms with Gasteiger partial charge in [0.25, 0.3) is 0 Å². The minimum absolute atomic E-state index is 0.210. The van der Waals surface area contributed by atoms with Gasteiger partial charge in [0.1, 0.15) is 0 Å². The van der Waals surface area contributed by atoms with Crippen LogP contribution >= 0.6 is 0 Å². The molecule has 0 unspecified atom stereocenters. The highest BCUT2D eigenvalue weighted by molar-refractivity contribution is 5.28. The van der Waals surface area contributed by atoms with Crippen molar-refractivity contribution in [2.24, 2.45) is 0 Å². The van der Waals surface area contributed by atoms with Gasteiger partial charge in [0.05, 0.1) is 11.6 Å². The Morgan fingerprint density at radius 1 is 1.27 bits per heavy atom. The number of halogens is 3. The molecule has 0 bridgehead atoms. The molecule has 82 valence electrons. The van der Waals surface area contributed by atoms with E-state index in [2.05, 4.69) is 20.6 Å². The second kappa shape index (κ2) is 3.65. The number of hydrogen-bond acceptors (Lipinski definition) is 4. The Labute approximate surface area is 83.9 Å². The molecule has 1 aromatic heterocycles. The highest BCUT2D eigenvalue weighted by atomic mass is 19.4. The number of anilines is 1. The number of aromatic nitrogens is 2. The molecule has 2 heterocycles. The zero-order valence-electron chi connectivity index (χ0n) is 7.67. The molecule has 1 fully saturated rings. The Kier molecular flexibility index (Phi) is 2.47. The lowest BCUT2D eigenvalue weighted by Crippen LogP contribution is -2.51. The molecule has 0 amide bonds. The maximum absolute atomic E-state index is 12.1. The molecule has 2 rings (SSSR count). The molecule has 7 heteroatoms. The number of nitrogens with zero attached hydrogens (tertiary/aromatic N) is 2. The van der Waals surface area contributed by atoms with Crippen molar-refractivity contribution >= 4 is 5.95 Å². The largest absolute Gasteiger partial charge is 0.419 e. The van der Waals surface area contributed by atoms with E-state index in [0.717, 1.165) is 25.5 Å². The average molecular weight is 218 g/mol. The fraction of sp³-hybridized carbons (Fsp3) is 0.500. The Bertz CT molecular complexity index is 331. The van der Waals surface area contributed by atoms with Crippen LogP contribution in [0.15, 0.2) is 12.4 Å². The van der Waals surface area contributed by atoms with Crippen LogP contribution in [0, 0.1) is 0 Å². The van der Waals surface area contributed by atoms with Crippen LogP contribution in [-0.4, -0.2) is 29.1 Å². The van der Waals surface area contributed by atoms with E-state index >= 15 is 0 Å². The van der Waals surface area contributed by atoms with E-state index in [9.17, 15) is 13.2 Å².